The Bertz CT molecular complexity index is 6390. The molecule has 0 spiro atoms. The number of halogens is 5. The minimum atomic E-state index is -4.01. The monoisotopic (exact) mass is 2180 g/mol. The summed E-state index contributed by atoms with van der Waals surface area (Å²) in [6, 6.07) is 61.0. The molecule has 137 heavy (non-hydrogen) atoms. The van der Waals surface area contributed by atoms with Gasteiger partial charge in [0.15, 0.2) is 12.1 Å². The standard InChI is InChI=1S/C29H24IN3O4S.2C16H21BN2O2.C12H24B2O4.C10H9BrN2.C8H6BrN.C7H4BrFO.C3H7BO2/c1-37-29(34)25-18-31-28(32(19-21-11-5-2-6-12-21)20-22-13-7-3-8-14-22)27-24(25)17-26(30)33(27)38(35,36)23-15-9-4-10-16-23;2*1-15(2)16(3,4)21-17(20-15)12-6-5-11-10-19(13-7-8-13)18-14(11)9-12;1-9(2)10(3,4)16-13(15-9)14-17-11(5,6)12(7,8)18-14;11-8-2-1-7-6-13(9-3-4-9)12-10(7)5-8;9-8-2-1-6-4-10-5-7(6)3-8;8-6-2-1-5(4-10)7(9)3-6;5-4(6)3-1-2-3/h2-18H,19-20H2,1H3;2*5-6,9-10,13H,7-8H2,1-4H3;1-8H3;1-2,5-6,9H,3-4H2;1-4H,5H2;1-4H;3,5-6H,1-2H2. The number of hydrogen-bond acceptors (Lipinski definition) is 21. The molecule has 13 aromatic rings. The molecule has 5 aromatic heterocycles. The zero-order valence-corrected chi connectivity index (χ0v) is 88.0. The van der Waals surface area contributed by atoms with Crippen LogP contribution in [0.5, 0.6) is 0 Å². The van der Waals surface area contributed by atoms with Gasteiger partial charge in [-0.2, -0.15) is 15.3 Å². The number of pyridine rings is 1. The normalized spacial score (nSPS) is 18.9. The summed E-state index contributed by atoms with van der Waals surface area (Å²) in [5.41, 5.74) is 7.81. The number of carbonyl (C=O) groups is 2. The Kier molecular flexibility index (Phi) is 31.2. The van der Waals surface area contributed by atoms with Crippen molar-refractivity contribution >= 4 is 195 Å². The first kappa shape index (κ1) is 103. The molecule has 9 aliphatic rings. The zero-order valence-electron chi connectivity index (χ0n) is 80.3. The number of methoxy groups -OCH3 is 1. The first-order valence-corrected chi connectivity index (χ1v) is 51.1. The number of anilines is 1. The second-order valence-electron chi connectivity index (χ2n) is 39.8. The van der Waals surface area contributed by atoms with E-state index in [4.69, 9.17) is 52.0 Å². The highest BCUT2D eigenvalue weighted by molar-refractivity contribution is 14.1. The first-order valence-electron chi connectivity index (χ1n) is 46.2. The van der Waals surface area contributed by atoms with Crippen LogP contribution in [0.2, 0.25) is 5.82 Å². The maximum absolute atomic E-state index is 14.0. The Morgan fingerprint density at radius 3 is 1.32 bits per heavy atom. The van der Waals surface area contributed by atoms with Gasteiger partial charge in [0.05, 0.1) is 113 Å². The van der Waals surface area contributed by atoms with Crippen LogP contribution >= 0.6 is 70.4 Å². The van der Waals surface area contributed by atoms with Crippen LogP contribution in [0.15, 0.2) is 236 Å². The van der Waals surface area contributed by atoms with Gasteiger partial charge in [-0.1, -0.05) is 176 Å². The Balaban J connectivity index is 0.000000126. The lowest BCUT2D eigenvalue weighted by atomic mass is 9.49. The van der Waals surface area contributed by atoms with Gasteiger partial charge in [0, 0.05) is 79.1 Å². The van der Waals surface area contributed by atoms with Crippen LogP contribution < -0.4 is 15.8 Å². The third-order valence-electron chi connectivity index (χ3n) is 27.0. The summed E-state index contributed by atoms with van der Waals surface area (Å²) in [5.74, 6) is -0.422. The molecule has 8 aromatic carbocycles. The number of rotatable bonds is 16. The quantitative estimate of drug-likeness (QED) is 0.0393. The van der Waals surface area contributed by atoms with Crippen molar-refractivity contribution < 1.29 is 74.4 Å². The predicted molar refractivity (Wildman–Crippen MR) is 559 cm³/mol. The molecule has 25 nitrogen and oxygen atoms in total. The molecule has 8 fully saturated rings. The van der Waals surface area contributed by atoms with E-state index in [1.165, 1.54) is 95.2 Å². The Labute approximate surface area is 842 Å². The highest BCUT2D eigenvalue weighted by Crippen LogP contribution is 2.46. The fourth-order valence-electron chi connectivity index (χ4n) is 15.4. The summed E-state index contributed by atoms with van der Waals surface area (Å²) in [5, 5.41) is 34.4. The summed E-state index contributed by atoms with van der Waals surface area (Å²) >= 11 is 11.9. The average molecular weight is 2180 g/mol. The van der Waals surface area contributed by atoms with E-state index in [0.29, 0.717) is 62.4 Å². The summed E-state index contributed by atoms with van der Waals surface area (Å²) in [7, 11) is -5.34. The van der Waals surface area contributed by atoms with Crippen molar-refractivity contribution in [1.29, 1.82) is 0 Å². The molecule has 716 valence electrons. The Morgan fingerprint density at radius 2 is 0.920 bits per heavy atom. The highest BCUT2D eigenvalue weighted by Gasteiger charge is 2.64. The molecule has 4 saturated heterocycles. The third-order valence-corrected chi connectivity index (χ3v) is 31.4. The summed E-state index contributed by atoms with van der Waals surface area (Å²) in [4.78, 5) is 33.8. The van der Waals surface area contributed by atoms with E-state index in [2.05, 4.69) is 228 Å². The van der Waals surface area contributed by atoms with Gasteiger partial charge in [-0.3, -0.25) is 23.8 Å². The number of carbonyl (C=O) groups excluding carboxylic acids is 2. The molecule has 0 bridgehead atoms. The maximum Gasteiger partial charge on any atom is 0.494 e. The van der Waals surface area contributed by atoms with Gasteiger partial charge in [0.2, 0.25) is 0 Å². The molecule has 0 atom stereocenters. The third kappa shape index (κ3) is 24.3. The lowest BCUT2D eigenvalue weighted by molar-refractivity contribution is 0.00578. The number of benzene rings is 8. The van der Waals surface area contributed by atoms with E-state index >= 15 is 0 Å². The van der Waals surface area contributed by atoms with Crippen molar-refractivity contribution in [3.63, 3.8) is 0 Å². The summed E-state index contributed by atoms with van der Waals surface area (Å²) in [6.45, 7) is 34.6. The van der Waals surface area contributed by atoms with Gasteiger partial charge in [0.1, 0.15) is 11.3 Å². The molecule has 22 rings (SSSR count). The van der Waals surface area contributed by atoms with Crippen LogP contribution in [0.4, 0.5) is 10.2 Å². The molecular formula is C101H116B5Br3FIN10O15S. The molecular weight excluding hydrogens is 2060 g/mol. The lowest BCUT2D eigenvalue weighted by Gasteiger charge is -2.32. The highest BCUT2D eigenvalue weighted by atomic mass is 127. The van der Waals surface area contributed by atoms with Gasteiger partial charge in [0.25, 0.3) is 10.0 Å². The molecule has 36 heteroatoms. The van der Waals surface area contributed by atoms with E-state index in [-0.39, 0.29) is 80.9 Å². The van der Waals surface area contributed by atoms with Crippen LogP contribution in [-0.4, -0.2) is 163 Å². The second kappa shape index (κ2) is 41.6. The lowest BCUT2D eigenvalue weighted by Crippen LogP contribution is -2.41. The van der Waals surface area contributed by atoms with Crippen LogP contribution in [0, 0.1) is 9.52 Å². The van der Waals surface area contributed by atoms with Gasteiger partial charge in [-0.25, -0.2) is 26.6 Å². The fourth-order valence-corrected chi connectivity index (χ4v) is 19.2. The first-order chi connectivity index (χ1) is 64.7. The zero-order chi connectivity index (χ0) is 98.3. The van der Waals surface area contributed by atoms with Gasteiger partial charge in [-0.05, 0) is 284 Å². The predicted octanol–water partition coefficient (Wildman–Crippen LogP) is 21.0. The van der Waals surface area contributed by atoms with Crippen molar-refractivity contribution in [3.8, 4) is 0 Å². The smallest absolute Gasteiger partial charge is 0.465 e. The number of esters is 1. The number of aldehydes is 1. The van der Waals surface area contributed by atoms with Crippen LogP contribution in [0.3, 0.4) is 0 Å². The number of hydrogen-bond donors (Lipinski definition) is 2. The van der Waals surface area contributed by atoms with Gasteiger partial charge in [-0.15, -0.1) is 0 Å². The molecule has 0 unspecified atom stereocenters. The molecule has 4 aliphatic carbocycles. The number of ether oxygens (including phenoxy) is 1. The number of fused-ring (bicyclic) bond motifs is 5. The minimum absolute atomic E-state index is 0.0863. The number of aliphatic imine (C=N–C) groups is 1. The molecule has 0 radical (unpaired) electrons. The fraction of sp³-hybridized carbons (Fsp3) is 0.396. The average Bonchev–Trinajstić information content (AvgIpc) is 1.57. The van der Waals surface area contributed by atoms with Gasteiger partial charge < -0.3 is 56.9 Å². The van der Waals surface area contributed by atoms with E-state index in [0.717, 1.165) is 66.9 Å². The van der Waals surface area contributed by atoms with E-state index in [1.54, 1.807) is 42.5 Å². The molecule has 0 amide bonds. The molecule has 4 saturated carbocycles. The number of aromatic nitrogens is 8. The Hall–Kier alpha value is -8.56. The minimum Gasteiger partial charge on any atom is -0.465 e. The topological polar surface area (TPSA) is 279 Å². The Morgan fingerprint density at radius 1 is 0.526 bits per heavy atom. The van der Waals surface area contributed by atoms with E-state index < -0.39 is 42.9 Å². The van der Waals surface area contributed by atoms with Crippen LogP contribution in [-0.2, 0) is 71.6 Å². The molecule has 10 heterocycles. The molecule has 2 N–H and O–H groups in total. The van der Waals surface area contributed by atoms with Gasteiger partial charge >= 0.3 is 41.3 Å². The summed E-state index contributed by atoms with van der Waals surface area (Å²) < 4.78 is 105. The van der Waals surface area contributed by atoms with E-state index in [9.17, 15) is 22.4 Å². The molecule has 5 aliphatic heterocycles. The number of nitrogens with zero attached hydrogens (tertiary/aromatic N) is 10. The van der Waals surface area contributed by atoms with Crippen molar-refractivity contribution in [1.82, 2.24) is 38.3 Å². The van der Waals surface area contributed by atoms with Crippen molar-refractivity contribution in [2.75, 3.05) is 12.0 Å². The SMILES string of the molecule is Brc1ccc2c(c1)CN=C2.Brc1ccc2cn(C3CC3)nc2c1.CC1(C)OB(B2OC(C)(C)C(C)(C)O2)OC1(C)C.CC1(C)OB(c2ccc3cn(C4CC4)nc3c2)OC1(C)C.CC1(C)OB(c2ccc3cn(C4CC4)nc3c2)OC1(C)C.COC(=O)c1cnc(N(Cc2ccccc2)Cc2ccccc2)c2c1cc(I)n2S(=O)(=O)c1ccccc1.O=Cc1ccc(Br)cc1F.OB(O)C1CC1. The van der Waals surface area contributed by atoms with E-state index in [1.807, 2.05) is 156 Å². The maximum atomic E-state index is 14.0. The van der Waals surface area contributed by atoms with Crippen LogP contribution in [0.25, 0.3) is 43.6 Å². The second-order valence-corrected chi connectivity index (χ2v) is 45.4. The largest absolute Gasteiger partial charge is 0.494 e. The van der Waals surface area contributed by atoms with Crippen molar-refractivity contribution in [2.24, 2.45) is 4.99 Å². The summed E-state index contributed by atoms with van der Waals surface area (Å²) in [6.07, 6.45) is 19.8. The van der Waals surface area contributed by atoms with Crippen molar-refractivity contribution in [3.05, 3.63) is 269 Å². The van der Waals surface area contributed by atoms with Crippen molar-refractivity contribution in [2.45, 2.75) is 255 Å². The van der Waals surface area contributed by atoms with Crippen LogP contribution in [0.1, 0.15) is 223 Å².